The standard InChI is InChI=1S/C17H17F2N7O2/c1-27-14-10(6-20-15(22-14)28-2)11-5-12(13-23-21-9-26(13)24-11)25-7-16(3-4-16)17(18,19)8-25/h5-6,9H,3-4,7-8H2,1-2H3. The molecule has 0 N–H and O–H groups in total. The molecule has 4 heterocycles. The second-order valence-electron chi connectivity index (χ2n) is 7.13. The molecule has 1 aliphatic heterocycles. The van der Waals surface area contributed by atoms with Crippen molar-refractivity contribution in [3.63, 3.8) is 0 Å². The predicted molar refractivity (Wildman–Crippen MR) is 93.7 cm³/mol. The zero-order chi connectivity index (χ0) is 19.5. The Hall–Kier alpha value is -3.11. The van der Waals surface area contributed by atoms with E-state index < -0.39 is 11.3 Å². The first-order valence-electron chi connectivity index (χ1n) is 8.76. The molecule has 11 heteroatoms. The van der Waals surface area contributed by atoms with E-state index in [0.29, 0.717) is 35.4 Å². The Balaban J connectivity index is 1.63. The highest BCUT2D eigenvalue weighted by atomic mass is 19.3. The van der Waals surface area contributed by atoms with Crippen LogP contribution in [0.2, 0.25) is 0 Å². The summed E-state index contributed by atoms with van der Waals surface area (Å²) in [5.74, 6) is -2.46. The normalized spacial score (nSPS) is 19.4. The summed E-state index contributed by atoms with van der Waals surface area (Å²) in [5.41, 5.74) is 1.01. The summed E-state index contributed by atoms with van der Waals surface area (Å²) in [6.07, 6.45) is 4.03. The van der Waals surface area contributed by atoms with Crippen LogP contribution in [0.3, 0.4) is 0 Å². The van der Waals surface area contributed by atoms with Crippen molar-refractivity contribution < 1.29 is 18.3 Å². The van der Waals surface area contributed by atoms with E-state index in [-0.39, 0.29) is 25.0 Å². The Kier molecular flexibility index (Phi) is 3.46. The van der Waals surface area contributed by atoms with Gasteiger partial charge in [0.05, 0.1) is 37.4 Å². The highest BCUT2D eigenvalue weighted by Gasteiger charge is 2.67. The smallest absolute Gasteiger partial charge is 0.319 e. The number of anilines is 1. The molecule has 2 fully saturated rings. The van der Waals surface area contributed by atoms with Crippen LogP contribution in [0.1, 0.15) is 12.8 Å². The third-order valence-corrected chi connectivity index (χ3v) is 5.49. The van der Waals surface area contributed by atoms with E-state index in [9.17, 15) is 8.78 Å². The lowest BCUT2D eigenvalue weighted by molar-refractivity contribution is -0.0334. The molecule has 0 atom stereocenters. The fourth-order valence-corrected chi connectivity index (χ4v) is 3.75. The molecule has 0 bridgehead atoms. The van der Waals surface area contributed by atoms with Crippen LogP contribution in [0.15, 0.2) is 18.6 Å². The maximum atomic E-state index is 14.5. The van der Waals surface area contributed by atoms with Crippen LogP contribution in [0.5, 0.6) is 11.9 Å². The van der Waals surface area contributed by atoms with Gasteiger partial charge >= 0.3 is 6.01 Å². The van der Waals surface area contributed by atoms with Crippen LogP contribution in [0.25, 0.3) is 16.9 Å². The molecule has 0 radical (unpaired) electrons. The van der Waals surface area contributed by atoms with Crippen LogP contribution < -0.4 is 14.4 Å². The van der Waals surface area contributed by atoms with E-state index in [0.717, 1.165) is 0 Å². The Morgan fingerprint density at radius 1 is 1.14 bits per heavy atom. The Morgan fingerprint density at radius 2 is 1.96 bits per heavy atom. The average Bonchev–Trinajstić information content (AvgIpc) is 3.25. The van der Waals surface area contributed by atoms with Gasteiger partial charge in [-0.25, -0.2) is 13.8 Å². The fourth-order valence-electron chi connectivity index (χ4n) is 3.75. The summed E-state index contributed by atoms with van der Waals surface area (Å²) in [7, 11) is 2.93. The fraction of sp³-hybridized carbons (Fsp3) is 0.471. The summed E-state index contributed by atoms with van der Waals surface area (Å²) >= 11 is 0. The number of hydrogen-bond acceptors (Lipinski definition) is 8. The molecular weight excluding hydrogens is 372 g/mol. The van der Waals surface area contributed by atoms with Crippen LogP contribution >= 0.6 is 0 Å². The summed E-state index contributed by atoms with van der Waals surface area (Å²) in [6.45, 7) is -0.0720. The zero-order valence-electron chi connectivity index (χ0n) is 15.3. The van der Waals surface area contributed by atoms with Crippen molar-refractivity contribution >= 4 is 11.3 Å². The molecule has 0 amide bonds. The topological polar surface area (TPSA) is 90.6 Å². The lowest BCUT2D eigenvalue weighted by Crippen LogP contribution is -2.28. The number of fused-ring (bicyclic) bond motifs is 1. The summed E-state index contributed by atoms with van der Waals surface area (Å²) < 4.78 is 40.9. The quantitative estimate of drug-likeness (QED) is 0.668. The summed E-state index contributed by atoms with van der Waals surface area (Å²) in [6, 6.07) is 1.86. The monoisotopic (exact) mass is 389 g/mol. The maximum Gasteiger partial charge on any atom is 0.319 e. The van der Waals surface area contributed by atoms with Gasteiger partial charge in [0.25, 0.3) is 5.92 Å². The van der Waals surface area contributed by atoms with Crippen molar-refractivity contribution in [2.45, 2.75) is 18.8 Å². The van der Waals surface area contributed by atoms with Crippen LogP contribution in [-0.4, -0.2) is 63.0 Å². The van der Waals surface area contributed by atoms with Gasteiger partial charge in [-0.2, -0.15) is 14.6 Å². The van der Waals surface area contributed by atoms with Crippen molar-refractivity contribution in [1.29, 1.82) is 0 Å². The zero-order valence-corrected chi connectivity index (χ0v) is 15.3. The maximum absolute atomic E-state index is 14.5. The summed E-state index contributed by atoms with van der Waals surface area (Å²) in [5, 5.41) is 12.4. The van der Waals surface area contributed by atoms with Gasteiger partial charge in [0.15, 0.2) is 0 Å². The first-order valence-corrected chi connectivity index (χ1v) is 8.76. The molecule has 1 spiro atoms. The Labute approximate surface area is 158 Å². The van der Waals surface area contributed by atoms with Crippen molar-refractivity contribution in [3.8, 4) is 23.1 Å². The lowest BCUT2D eigenvalue weighted by Gasteiger charge is -2.19. The van der Waals surface area contributed by atoms with Crippen LogP contribution in [0.4, 0.5) is 14.5 Å². The second-order valence-corrected chi connectivity index (χ2v) is 7.13. The van der Waals surface area contributed by atoms with Crippen molar-refractivity contribution in [1.82, 2.24) is 29.8 Å². The number of rotatable bonds is 4. The molecule has 9 nitrogen and oxygen atoms in total. The Morgan fingerprint density at radius 3 is 2.64 bits per heavy atom. The second kappa shape index (κ2) is 5.69. The van der Waals surface area contributed by atoms with E-state index >= 15 is 0 Å². The highest BCUT2D eigenvalue weighted by molar-refractivity contribution is 5.76. The number of nitrogens with zero attached hydrogens (tertiary/aromatic N) is 7. The first kappa shape index (κ1) is 17.0. The molecule has 28 heavy (non-hydrogen) atoms. The van der Waals surface area contributed by atoms with E-state index in [2.05, 4.69) is 25.3 Å². The molecule has 0 aromatic carbocycles. The van der Waals surface area contributed by atoms with Gasteiger partial charge in [-0.1, -0.05) is 0 Å². The van der Waals surface area contributed by atoms with Gasteiger partial charge in [-0.15, -0.1) is 10.2 Å². The number of ether oxygens (including phenoxy) is 2. The lowest BCUT2D eigenvalue weighted by atomic mass is 10.0. The molecule has 5 rings (SSSR count). The number of hydrogen-bond donors (Lipinski definition) is 0. The number of methoxy groups -OCH3 is 2. The summed E-state index contributed by atoms with van der Waals surface area (Å²) in [4.78, 5) is 9.94. The average molecular weight is 389 g/mol. The minimum atomic E-state index is -2.73. The van der Waals surface area contributed by atoms with Crippen LogP contribution in [0, 0.1) is 5.41 Å². The first-order chi connectivity index (χ1) is 13.5. The largest absolute Gasteiger partial charge is 0.480 e. The molecule has 0 unspecified atom stereocenters. The van der Waals surface area contributed by atoms with Crippen LogP contribution in [-0.2, 0) is 0 Å². The molecule has 3 aromatic heterocycles. The third kappa shape index (κ3) is 2.38. The molecular formula is C17H17F2N7O2. The van der Waals surface area contributed by atoms with Gasteiger partial charge in [-0.05, 0) is 18.9 Å². The van der Waals surface area contributed by atoms with Gasteiger partial charge in [-0.3, -0.25) is 0 Å². The SMILES string of the molecule is COc1ncc(-c2cc(N3CC(F)(F)C4(CC4)C3)c3nncn3n2)c(OC)n1. The molecule has 1 saturated heterocycles. The number of alkyl halides is 2. The van der Waals surface area contributed by atoms with Crippen molar-refractivity contribution in [3.05, 3.63) is 18.6 Å². The van der Waals surface area contributed by atoms with E-state index in [4.69, 9.17) is 9.47 Å². The van der Waals surface area contributed by atoms with E-state index in [1.807, 2.05) is 0 Å². The Bertz CT molecular complexity index is 1060. The molecule has 1 aliphatic carbocycles. The van der Waals surface area contributed by atoms with Crippen molar-refractivity contribution in [2.75, 3.05) is 32.2 Å². The molecule has 3 aromatic rings. The van der Waals surface area contributed by atoms with Crippen molar-refractivity contribution in [2.24, 2.45) is 5.41 Å². The van der Waals surface area contributed by atoms with Gasteiger partial charge < -0.3 is 14.4 Å². The number of aromatic nitrogens is 6. The number of halogens is 2. The molecule has 2 aliphatic rings. The predicted octanol–water partition coefficient (Wildman–Crippen LogP) is 1.83. The minimum Gasteiger partial charge on any atom is -0.480 e. The van der Waals surface area contributed by atoms with Gasteiger partial charge in [0.1, 0.15) is 12.0 Å². The third-order valence-electron chi connectivity index (χ3n) is 5.49. The van der Waals surface area contributed by atoms with E-state index in [1.54, 1.807) is 11.0 Å². The van der Waals surface area contributed by atoms with Gasteiger partial charge in [0, 0.05) is 12.7 Å². The molecule has 1 saturated carbocycles. The molecule has 146 valence electrons. The van der Waals surface area contributed by atoms with E-state index in [1.165, 1.54) is 31.3 Å². The minimum absolute atomic E-state index is 0.154. The van der Waals surface area contributed by atoms with Gasteiger partial charge in [0.2, 0.25) is 11.5 Å². The highest BCUT2D eigenvalue weighted by Crippen LogP contribution is 2.61.